The molecule has 0 radical (unpaired) electrons. The molecule has 1 aliphatic heterocycles. The number of anilines is 1. The Kier molecular flexibility index (Phi) is 3.93. The van der Waals surface area contributed by atoms with Crippen molar-refractivity contribution >= 4 is 16.5 Å². The molecule has 1 heterocycles. The molecule has 20 heavy (non-hydrogen) atoms. The van der Waals surface area contributed by atoms with Crippen LogP contribution in [0.25, 0.3) is 10.8 Å². The first-order chi connectivity index (χ1) is 9.72. The summed E-state index contributed by atoms with van der Waals surface area (Å²) >= 11 is 0. The minimum Gasteiger partial charge on any atom is -0.382 e. The van der Waals surface area contributed by atoms with E-state index in [1.807, 2.05) is 0 Å². The molecule has 1 aliphatic rings. The van der Waals surface area contributed by atoms with Crippen molar-refractivity contribution in [3.63, 3.8) is 0 Å². The van der Waals surface area contributed by atoms with E-state index in [0.717, 1.165) is 0 Å². The molecule has 2 heteroatoms. The minimum atomic E-state index is 0.617. The average molecular weight is 268 g/mol. The highest BCUT2D eigenvalue weighted by Crippen LogP contribution is 2.22. The number of fused-ring (bicyclic) bond motifs is 1. The van der Waals surface area contributed by atoms with Crippen molar-refractivity contribution in [3.8, 4) is 0 Å². The topological polar surface area (TPSA) is 15.3 Å². The van der Waals surface area contributed by atoms with E-state index in [0.29, 0.717) is 12.1 Å². The smallest absolute Gasteiger partial charge is 0.0348 e. The van der Waals surface area contributed by atoms with Crippen LogP contribution in [0, 0.1) is 0 Å². The molecule has 1 N–H and O–H groups in total. The average Bonchev–Trinajstić information content (AvgIpc) is 2.48. The lowest BCUT2D eigenvalue weighted by Crippen LogP contribution is -2.42. The second kappa shape index (κ2) is 5.84. The van der Waals surface area contributed by atoms with Crippen molar-refractivity contribution in [2.75, 3.05) is 18.4 Å². The molecule has 2 nitrogen and oxygen atoms in total. The summed E-state index contributed by atoms with van der Waals surface area (Å²) in [4.78, 5) is 2.57. The zero-order valence-electron chi connectivity index (χ0n) is 12.5. The number of benzene rings is 2. The molecule has 106 valence electrons. The van der Waals surface area contributed by atoms with Gasteiger partial charge in [0.15, 0.2) is 0 Å². The van der Waals surface area contributed by atoms with Crippen LogP contribution in [-0.4, -0.2) is 30.1 Å². The van der Waals surface area contributed by atoms with E-state index in [2.05, 4.69) is 66.5 Å². The summed E-state index contributed by atoms with van der Waals surface area (Å²) in [5.41, 5.74) is 1.26. The van der Waals surface area contributed by atoms with Gasteiger partial charge in [0.1, 0.15) is 0 Å². The van der Waals surface area contributed by atoms with Crippen molar-refractivity contribution < 1.29 is 0 Å². The largest absolute Gasteiger partial charge is 0.382 e. The number of hydrogen-bond donors (Lipinski definition) is 1. The lowest BCUT2D eigenvalue weighted by Gasteiger charge is -2.35. The Bertz CT molecular complexity index is 568. The molecule has 1 fully saturated rings. The second-order valence-corrected chi connectivity index (χ2v) is 6.11. The van der Waals surface area contributed by atoms with Crippen LogP contribution in [0.2, 0.25) is 0 Å². The van der Waals surface area contributed by atoms with E-state index in [9.17, 15) is 0 Å². The van der Waals surface area contributed by atoms with Crippen molar-refractivity contribution in [2.24, 2.45) is 0 Å². The molecule has 3 rings (SSSR count). The number of nitrogens with zero attached hydrogens (tertiary/aromatic N) is 1. The van der Waals surface area contributed by atoms with Gasteiger partial charge in [0.25, 0.3) is 0 Å². The third kappa shape index (κ3) is 2.96. The maximum atomic E-state index is 3.71. The predicted molar refractivity (Wildman–Crippen MR) is 87.3 cm³/mol. The quantitative estimate of drug-likeness (QED) is 0.900. The van der Waals surface area contributed by atoms with Gasteiger partial charge in [-0.15, -0.1) is 0 Å². The highest BCUT2D eigenvalue weighted by atomic mass is 15.2. The third-order valence-electron chi connectivity index (χ3n) is 4.38. The van der Waals surface area contributed by atoms with E-state index in [-0.39, 0.29) is 0 Å². The van der Waals surface area contributed by atoms with E-state index in [4.69, 9.17) is 0 Å². The number of nitrogens with one attached hydrogen (secondary N) is 1. The van der Waals surface area contributed by atoms with Gasteiger partial charge >= 0.3 is 0 Å². The van der Waals surface area contributed by atoms with Crippen LogP contribution < -0.4 is 5.32 Å². The number of piperidine rings is 1. The van der Waals surface area contributed by atoms with Gasteiger partial charge in [0.2, 0.25) is 0 Å². The Hall–Kier alpha value is -1.54. The molecule has 1 saturated heterocycles. The van der Waals surface area contributed by atoms with E-state index in [1.165, 1.54) is 42.4 Å². The molecule has 0 aliphatic carbocycles. The zero-order valence-corrected chi connectivity index (χ0v) is 12.5. The van der Waals surface area contributed by atoms with Crippen LogP contribution in [0.15, 0.2) is 42.5 Å². The number of rotatable bonds is 3. The first kappa shape index (κ1) is 13.4. The molecule has 0 saturated carbocycles. The number of hydrogen-bond acceptors (Lipinski definition) is 2. The fourth-order valence-electron chi connectivity index (χ4n) is 3.08. The van der Waals surface area contributed by atoms with Gasteiger partial charge in [-0.3, -0.25) is 0 Å². The number of likely N-dealkylation sites (tertiary alicyclic amines) is 1. The van der Waals surface area contributed by atoms with Gasteiger partial charge in [0, 0.05) is 30.9 Å². The van der Waals surface area contributed by atoms with Crippen LogP contribution in [0.4, 0.5) is 5.69 Å². The highest BCUT2D eigenvalue weighted by Gasteiger charge is 2.20. The molecule has 2 aromatic rings. The summed E-state index contributed by atoms with van der Waals surface area (Å²) in [6.45, 7) is 7.00. The fourth-order valence-corrected chi connectivity index (χ4v) is 3.08. The SMILES string of the molecule is CC(C)N1CCC(Nc2ccc3ccccc3c2)CC1. The Labute approximate surface area is 121 Å². The predicted octanol–water partition coefficient (Wildman–Crippen LogP) is 4.12. The lowest BCUT2D eigenvalue weighted by atomic mass is 10.0. The Morgan fingerprint density at radius 3 is 2.40 bits per heavy atom. The van der Waals surface area contributed by atoms with Crippen molar-refractivity contribution in [1.29, 1.82) is 0 Å². The van der Waals surface area contributed by atoms with E-state index < -0.39 is 0 Å². The molecule has 0 amide bonds. The van der Waals surface area contributed by atoms with Gasteiger partial charge < -0.3 is 10.2 Å². The van der Waals surface area contributed by atoms with Crippen LogP contribution in [0.5, 0.6) is 0 Å². The molecule has 2 aromatic carbocycles. The summed E-state index contributed by atoms with van der Waals surface area (Å²) in [7, 11) is 0. The fraction of sp³-hybridized carbons (Fsp3) is 0.444. The Balaban J connectivity index is 1.65. The summed E-state index contributed by atoms with van der Waals surface area (Å²) in [5, 5.41) is 6.34. The Morgan fingerprint density at radius 2 is 1.70 bits per heavy atom. The molecule has 0 aromatic heterocycles. The highest BCUT2D eigenvalue weighted by molar-refractivity contribution is 5.85. The summed E-state index contributed by atoms with van der Waals surface area (Å²) in [6, 6.07) is 16.5. The summed E-state index contributed by atoms with van der Waals surface area (Å²) in [6.07, 6.45) is 2.48. The molecule has 0 spiro atoms. The molecule has 0 bridgehead atoms. The molecule has 0 unspecified atom stereocenters. The first-order valence-corrected chi connectivity index (χ1v) is 7.72. The van der Waals surface area contributed by atoms with Crippen LogP contribution >= 0.6 is 0 Å². The van der Waals surface area contributed by atoms with Crippen molar-refractivity contribution in [1.82, 2.24) is 4.90 Å². The van der Waals surface area contributed by atoms with Gasteiger partial charge in [-0.05, 0) is 49.6 Å². The maximum absolute atomic E-state index is 3.71. The van der Waals surface area contributed by atoms with Gasteiger partial charge in [-0.2, -0.15) is 0 Å². The van der Waals surface area contributed by atoms with E-state index in [1.54, 1.807) is 0 Å². The molecule has 0 atom stereocenters. The summed E-state index contributed by atoms with van der Waals surface area (Å²) in [5.74, 6) is 0. The van der Waals surface area contributed by atoms with Crippen LogP contribution in [-0.2, 0) is 0 Å². The van der Waals surface area contributed by atoms with Crippen LogP contribution in [0.3, 0.4) is 0 Å². The summed E-state index contributed by atoms with van der Waals surface area (Å²) < 4.78 is 0. The monoisotopic (exact) mass is 268 g/mol. The molecular formula is C18H24N2. The standard InChI is InChI=1S/C18H24N2/c1-14(2)20-11-9-17(10-12-20)19-18-8-7-15-5-3-4-6-16(15)13-18/h3-8,13-14,17,19H,9-12H2,1-2H3. The zero-order chi connectivity index (χ0) is 13.9. The minimum absolute atomic E-state index is 0.617. The lowest BCUT2D eigenvalue weighted by molar-refractivity contribution is 0.177. The van der Waals surface area contributed by atoms with Crippen molar-refractivity contribution in [3.05, 3.63) is 42.5 Å². The second-order valence-electron chi connectivity index (χ2n) is 6.11. The van der Waals surface area contributed by atoms with Gasteiger partial charge in [-0.1, -0.05) is 30.3 Å². The van der Waals surface area contributed by atoms with Crippen LogP contribution in [0.1, 0.15) is 26.7 Å². The first-order valence-electron chi connectivity index (χ1n) is 7.72. The van der Waals surface area contributed by atoms with Crippen molar-refractivity contribution in [2.45, 2.75) is 38.8 Å². The van der Waals surface area contributed by atoms with E-state index >= 15 is 0 Å². The Morgan fingerprint density at radius 1 is 1.00 bits per heavy atom. The maximum Gasteiger partial charge on any atom is 0.0348 e. The van der Waals surface area contributed by atoms with Gasteiger partial charge in [-0.25, -0.2) is 0 Å². The third-order valence-corrected chi connectivity index (χ3v) is 4.38. The van der Waals surface area contributed by atoms with Gasteiger partial charge in [0.05, 0.1) is 0 Å². The normalized spacial score (nSPS) is 17.8. The molecular weight excluding hydrogens is 244 g/mol.